The predicted octanol–water partition coefficient (Wildman–Crippen LogP) is 4.97. The number of rotatable bonds is 3. The Morgan fingerprint density at radius 2 is 2.21 bits per heavy atom. The number of nitrogens with one attached hydrogen (secondary N) is 1. The lowest BCUT2D eigenvalue weighted by atomic mass is 9.68. The molecule has 1 N–H and O–H groups in total. The molecule has 0 bridgehead atoms. The van der Waals surface area contributed by atoms with Gasteiger partial charge in [-0.15, -0.1) is 0 Å². The van der Waals surface area contributed by atoms with E-state index in [9.17, 15) is 5.26 Å². The lowest BCUT2D eigenvalue weighted by Crippen LogP contribution is -2.48. The topological polar surface area (TPSA) is 35.8 Å². The van der Waals surface area contributed by atoms with Crippen LogP contribution in [0, 0.1) is 23.2 Å². The highest BCUT2D eigenvalue weighted by Gasteiger charge is 2.42. The largest absolute Gasteiger partial charge is 0.367 e. The van der Waals surface area contributed by atoms with Crippen LogP contribution in [0.3, 0.4) is 0 Å². The van der Waals surface area contributed by atoms with Gasteiger partial charge >= 0.3 is 0 Å². The first-order valence-corrected chi connectivity index (χ1v) is 7.82. The van der Waals surface area contributed by atoms with Crippen LogP contribution in [0.1, 0.15) is 39.5 Å². The Balaban J connectivity index is 2.28. The predicted molar refractivity (Wildman–Crippen MR) is 82.9 cm³/mol. The molecule has 1 aliphatic carbocycles. The summed E-state index contributed by atoms with van der Waals surface area (Å²) in [6.45, 7) is 4.45. The van der Waals surface area contributed by atoms with Crippen molar-refractivity contribution in [3.63, 3.8) is 0 Å². The fraction of sp³-hybridized carbons (Fsp3) is 0.562. The number of hydrogen-bond acceptors (Lipinski definition) is 2. The fourth-order valence-electron chi connectivity index (χ4n) is 3.25. The fourth-order valence-corrected chi connectivity index (χ4v) is 3.65. The van der Waals surface area contributed by atoms with Gasteiger partial charge in [-0.1, -0.05) is 48.7 Å². The van der Waals surface area contributed by atoms with Gasteiger partial charge in [0.1, 0.15) is 5.54 Å². The Labute approximate surface area is 124 Å². The van der Waals surface area contributed by atoms with E-state index in [0.29, 0.717) is 11.8 Å². The maximum atomic E-state index is 9.77. The zero-order valence-corrected chi connectivity index (χ0v) is 13.2. The van der Waals surface area contributed by atoms with E-state index in [2.05, 4.69) is 41.2 Å². The summed E-state index contributed by atoms with van der Waals surface area (Å²) in [5.74, 6) is 0.949. The van der Waals surface area contributed by atoms with E-state index in [1.54, 1.807) is 0 Å². The van der Waals surface area contributed by atoms with Gasteiger partial charge in [-0.3, -0.25) is 0 Å². The van der Waals surface area contributed by atoms with Crippen LogP contribution < -0.4 is 5.32 Å². The number of halogens is 1. The summed E-state index contributed by atoms with van der Waals surface area (Å²) in [6, 6.07) is 10.7. The highest BCUT2D eigenvalue weighted by molar-refractivity contribution is 9.10. The van der Waals surface area contributed by atoms with Gasteiger partial charge in [0.2, 0.25) is 0 Å². The SMILES string of the molecule is CC(C)C1CCCCC1(C#N)Nc1cccc(Br)c1. The van der Waals surface area contributed by atoms with Crippen LogP contribution in [-0.2, 0) is 0 Å². The first kappa shape index (κ1) is 14.4. The van der Waals surface area contributed by atoms with E-state index in [0.717, 1.165) is 29.4 Å². The van der Waals surface area contributed by atoms with Crippen molar-refractivity contribution >= 4 is 21.6 Å². The van der Waals surface area contributed by atoms with Crippen LogP contribution in [0.2, 0.25) is 0 Å². The van der Waals surface area contributed by atoms with E-state index < -0.39 is 5.54 Å². The number of nitrogens with zero attached hydrogens (tertiary/aromatic N) is 1. The summed E-state index contributed by atoms with van der Waals surface area (Å²) in [6.07, 6.45) is 4.47. The van der Waals surface area contributed by atoms with Crippen LogP contribution in [0.4, 0.5) is 5.69 Å². The molecule has 0 aromatic heterocycles. The van der Waals surface area contributed by atoms with Crippen molar-refractivity contribution < 1.29 is 0 Å². The lowest BCUT2D eigenvalue weighted by Gasteiger charge is -2.42. The van der Waals surface area contributed by atoms with Crippen molar-refractivity contribution in [3.8, 4) is 6.07 Å². The Hall–Kier alpha value is -1.01. The molecule has 1 fully saturated rings. The van der Waals surface area contributed by atoms with Crippen LogP contribution >= 0.6 is 15.9 Å². The summed E-state index contributed by atoms with van der Waals surface area (Å²) in [5, 5.41) is 13.3. The molecule has 2 atom stereocenters. The molecule has 102 valence electrons. The zero-order valence-electron chi connectivity index (χ0n) is 11.6. The Kier molecular flexibility index (Phi) is 4.52. The summed E-state index contributed by atoms with van der Waals surface area (Å²) in [5.41, 5.74) is 0.621. The van der Waals surface area contributed by atoms with Gasteiger partial charge in [0.25, 0.3) is 0 Å². The molecule has 3 heteroatoms. The van der Waals surface area contributed by atoms with Crippen molar-refractivity contribution in [2.24, 2.45) is 11.8 Å². The molecular weight excluding hydrogens is 300 g/mol. The van der Waals surface area contributed by atoms with Crippen LogP contribution in [-0.4, -0.2) is 5.54 Å². The molecule has 1 aromatic rings. The molecule has 1 aliphatic rings. The van der Waals surface area contributed by atoms with Crippen molar-refractivity contribution in [1.82, 2.24) is 0 Å². The first-order valence-electron chi connectivity index (χ1n) is 7.02. The summed E-state index contributed by atoms with van der Waals surface area (Å²) in [4.78, 5) is 0. The molecule has 1 aromatic carbocycles. The molecule has 0 aliphatic heterocycles. The van der Waals surface area contributed by atoms with E-state index in [-0.39, 0.29) is 0 Å². The Morgan fingerprint density at radius 1 is 1.42 bits per heavy atom. The average molecular weight is 321 g/mol. The van der Waals surface area contributed by atoms with E-state index in [1.807, 2.05) is 24.3 Å². The molecule has 19 heavy (non-hydrogen) atoms. The maximum Gasteiger partial charge on any atom is 0.128 e. The third kappa shape index (κ3) is 3.12. The number of anilines is 1. The summed E-state index contributed by atoms with van der Waals surface area (Å²) in [7, 11) is 0. The Bertz CT molecular complexity index is 478. The third-order valence-electron chi connectivity index (χ3n) is 4.17. The minimum absolute atomic E-state index is 0.410. The van der Waals surface area contributed by atoms with Gasteiger partial charge in [-0.2, -0.15) is 5.26 Å². The molecule has 2 rings (SSSR count). The molecule has 2 nitrogen and oxygen atoms in total. The van der Waals surface area contributed by atoms with Gasteiger partial charge in [0, 0.05) is 10.2 Å². The highest BCUT2D eigenvalue weighted by Crippen LogP contribution is 2.40. The average Bonchev–Trinajstić information content (AvgIpc) is 2.39. The first-order chi connectivity index (χ1) is 9.07. The van der Waals surface area contributed by atoms with Gasteiger partial charge in [0.15, 0.2) is 0 Å². The standard InChI is InChI=1S/C16H21BrN2/c1-12(2)15-8-3-4-9-16(15,11-18)19-14-7-5-6-13(17)10-14/h5-7,10,12,15,19H,3-4,8-9H2,1-2H3. The third-order valence-corrected chi connectivity index (χ3v) is 4.66. The summed E-state index contributed by atoms with van der Waals surface area (Å²) < 4.78 is 1.04. The van der Waals surface area contributed by atoms with Gasteiger partial charge in [-0.25, -0.2) is 0 Å². The van der Waals surface area contributed by atoms with Crippen molar-refractivity contribution in [3.05, 3.63) is 28.7 Å². The molecule has 0 heterocycles. The smallest absolute Gasteiger partial charge is 0.128 e. The van der Waals surface area contributed by atoms with Gasteiger partial charge < -0.3 is 5.32 Å². The van der Waals surface area contributed by atoms with Gasteiger partial charge in [-0.05, 0) is 42.9 Å². The van der Waals surface area contributed by atoms with Crippen molar-refractivity contribution in [1.29, 1.82) is 5.26 Å². The monoisotopic (exact) mass is 320 g/mol. The Morgan fingerprint density at radius 3 is 2.84 bits per heavy atom. The number of hydrogen-bond donors (Lipinski definition) is 1. The zero-order chi connectivity index (χ0) is 13.9. The number of nitriles is 1. The molecular formula is C16H21BrN2. The summed E-state index contributed by atoms with van der Waals surface area (Å²) >= 11 is 3.49. The molecule has 2 unspecified atom stereocenters. The van der Waals surface area contributed by atoms with Crippen LogP contribution in [0.25, 0.3) is 0 Å². The van der Waals surface area contributed by atoms with E-state index >= 15 is 0 Å². The second kappa shape index (κ2) is 5.96. The van der Waals surface area contributed by atoms with Crippen LogP contribution in [0.15, 0.2) is 28.7 Å². The van der Waals surface area contributed by atoms with Crippen molar-refractivity contribution in [2.75, 3.05) is 5.32 Å². The molecule has 0 spiro atoms. The molecule has 0 saturated heterocycles. The van der Waals surface area contributed by atoms with Crippen molar-refractivity contribution in [2.45, 2.75) is 45.1 Å². The molecule has 0 radical (unpaired) electrons. The quantitative estimate of drug-likeness (QED) is 0.853. The maximum absolute atomic E-state index is 9.77. The minimum atomic E-state index is -0.410. The molecule has 0 amide bonds. The second-order valence-electron chi connectivity index (χ2n) is 5.81. The lowest BCUT2D eigenvalue weighted by molar-refractivity contribution is 0.205. The van der Waals surface area contributed by atoms with E-state index in [1.165, 1.54) is 6.42 Å². The highest BCUT2D eigenvalue weighted by atomic mass is 79.9. The number of benzene rings is 1. The minimum Gasteiger partial charge on any atom is -0.367 e. The molecule has 1 saturated carbocycles. The van der Waals surface area contributed by atoms with E-state index in [4.69, 9.17) is 0 Å². The van der Waals surface area contributed by atoms with Crippen LogP contribution in [0.5, 0.6) is 0 Å². The second-order valence-corrected chi connectivity index (χ2v) is 6.73. The van der Waals surface area contributed by atoms with Gasteiger partial charge in [0.05, 0.1) is 6.07 Å². The normalized spacial score (nSPS) is 27.0.